The Kier molecular flexibility index (Phi) is 14.1. The Morgan fingerprint density at radius 1 is 0.588 bits per heavy atom. The van der Waals surface area contributed by atoms with Crippen molar-refractivity contribution in [1.82, 2.24) is 4.57 Å². The topological polar surface area (TPSA) is 45.4 Å². The minimum absolute atomic E-state index is 0.750. The number of hydrogen-bond acceptors (Lipinski definition) is 2. The van der Waals surface area contributed by atoms with Gasteiger partial charge in [-0.15, -0.1) is 0 Å². The molecule has 34 heavy (non-hydrogen) atoms. The Labute approximate surface area is 208 Å². The lowest BCUT2D eigenvalue weighted by molar-refractivity contribution is 0.448. The summed E-state index contributed by atoms with van der Waals surface area (Å²) in [6.07, 6.45) is 19.9. The molecule has 0 atom stereocenters. The van der Waals surface area contributed by atoms with Gasteiger partial charge in [0.25, 0.3) is 0 Å². The Bertz CT molecular complexity index is 891. The van der Waals surface area contributed by atoms with Crippen molar-refractivity contribution in [3.05, 3.63) is 47.5 Å². The van der Waals surface area contributed by atoms with Gasteiger partial charge in [0, 0.05) is 28.4 Å². The molecule has 0 aliphatic carbocycles. The predicted octanol–water partition coefficient (Wildman–Crippen LogP) is 8.13. The Hall–Kier alpha value is -1.78. The number of nitrogens with zero attached hydrogens (tertiary/aromatic N) is 1. The van der Waals surface area contributed by atoms with Crippen molar-refractivity contribution in [2.75, 3.05) is 0 Å². The van der Waals surface area contributed by atoms with E-state index in [1.807, 2.05) is 0 Å². The second-order valence-corrected chi connectivity index (χ2v) is 9.93. The van der Waals surface area contributed by atoms with Crippen LogP contribution in [0.3, 0.4) is 0 Å². The molecule has 0 saturated heterocycles. The highest BCUT2D eigenvalue weighted by molar-refractivity contribution is 6.13. The summed E-state index contributed by atoms with van der Waals surface area (Å²) < 4.78 is 2.56. The van der Waals surface area contributed by atoms with Crippen LogP contribution in [0.4, 0.5) is 0 Å². The summed E-state index contributed by atoms with van der Waals surface area (Å²) in [6, 6.07) is 13.9. The fraction of sp³-hybridized carbons (Fsp3) is 0.600. The average Bonchev–Trinajstić information content (AvgIpc) is 3.12. The third-order valence-electron chi connectivity index (χ3n) is 6.91. The highest BCUT2D eigenvalue weighted by Crippen LogP contribution is 2.31. The predicted molar refractivity (Wildman–Crippen MR) is 151 cm³/mol. The monoisotopic (exact) mass is 465 g/mol. The van der Waals surface area contributed by atoms with Crippen LogP contribution in [-0.4, -0.2) is 22.3 Å². The third-order valence-corrected chi connectivity index (χ3v) is 6.91. The Balaban J connectivity index is 0.00000129. The molecule has 1 heterocycles. The lowest BCUT2D eigenvalue weighted by Crippen LogP contribution is -1.97. The van der Waals surface area contributed by atoms with E-state index in [-0.39, 0.29) is 0 Å². The van der Waals surface area contributed by atoms with Crippen molar-refractivity contribution in [2.45, 2.75) is 117 Å². The molecule has 0 amide bonds. The van der Waals surface area contributed by atoms with E-state index in [2.05, 4.69) is 61.7 Å². The maximum Gasteiger partial charge on any atom is 0.432 e. The molecule has 2 N–H and O–H groups in total. The molecule has 0 unspecified atom stereocenters. The molecule has 1 aromatic heterocycles. The number of hydrogen-bond donors (Lipinski definition) is 2. The van der Waals surface area contributed by atoms with Crippen LogP contribution in [0, 0.1) is 13.8 Å². The Morgan fingerprint density at radius 3 is 1.32 bits per heavy atom. The van der Waals surface area contributed by atoms with Gasteiger partial charge < -0.3 is 14.6 Å². The normalized spacial score (nSPS) is 11.1. The first kappa shape index (κ1) is 28.5. The van der Waals surface area contributed by atoms with E-state index in [9.17, 15) is 0 Å². The molecule has 0 spiro atoms. The summed E-state index contributed by atoms with van der Waals surface area (Å²) in [4.78, 5) is 0. The smallest absolute Gasteiger partial charge is 0.430 e. The second kappa shape index (κ2) is 16.8. The van der Waals surface area contributed by atoms with Crippen LogP contribution < -0.4 is 0 Å². The molecule has 0 saturated carbocycles. The van der Waals surface area contributed by atoms with Gasteiger partial charge in [-0.2, -0.15) is 0 Å². The van der Waals surface area contributed by atoms with Crippen LogP contribution in [0.15, 0.2) is 36.4 Å². The number of aromatic nitrogens is 1. The zero-order valence-electron chi connectivity index (χ0n) is 22.1. The van der Waals surface area contributed by atoms with Crippen LogP contribution in [-0.2, 0) is 6.54 Å². The van der Waals surface area contributed by atoms with E-state index < -0.39 is 7.69 Å². The molecule has 0 radical (unpaired) electrons. The molecule has 4 heteroatoms. The molecule has 3 aromatic rings. The van der Waals surface area contributed by atoms with Crippen molar-refractivity contribution in [1.29, 1.82) is 0 Å². The quantitative estimate of drug-likeness (QED) is 0.176. The molecule has 3 nitrogen and oxygen atoms in total. The van der Waals surface area contributed by atoms with Gasteiger partial charge in [-0.1, -0.05) is 114 Å². The molecule has 0 aliphatic heterocycles. The first-order chi connectivity index (χ1) is 16.6. The maximum atomic E-state index is 7.12. The summed E-state index contributed by atoms with van der Waals surface area (Å²) >= 11 is 0. The van der Waals surface area contributed by atoms with Crippen molar-refractivity contribution >= 4 is 29.5 Å². The number of rotatable bonds is 15. The van der Waals surface area contributed by atoms with Gasteiger partial charge >= 0.3 is 7.69 Å². The standard InChI is InChI=1S/C30H45N.BH3O2/c1-4-5-6-7-8-9-10-11-12-13-14-15-16-17-22-31-29-20-18-25(2)23-27(29)28-24-26(3)19-21-30(28)31;2-1-3/h18-21,23-24H,4-17,22H2,1-3H3;1-3H. The van der Waals surface area contributed by atoms with E-state index in [1.165, 1.54) is 123 Å². The van der Waals surface area contributed by atoms with Crippen LogP contribution in [0.2, 0.25) is 0 Å². The van der Waals surface area contributed by atoms with Gasteiger partial charge in [0.15, 0.2) is 0 Å². The van der Waals surface area contributed by atoms with Crippen molar-refractivity contribution < 1.29 is 10.0 Å². The van der Waals surface area contributed by atoms with Crippen LogP contribution in [0.25, 0.3) is 21.8 Å². The molecular formula is C30H48BNO2. The van der Waals surface area contributed by atoms with Crippen molar-refractivity contribution in [2.24, 2.45) is 0 Å². The Morgan fingerprint density at radius 2 is 0.941 bits per heavy atom. The number of aryl methyl sites for hydroxylation is 3. The molecule has 2 aromatic carbocycles. The average molecular weight is 466 g/mol. The molecular weight excluding hydrogens is 417 g/mol. The number of fused-ring (bicyclic) bond motifs is 3. The van der Waals surface area contributed by atoms with Crippen LogP contribution in [0.5, 0.6) is 0 Å². The minimum Gasteiger partial charge on any atom is -0.430 e. The summed E-state index contributed by atoms with van der Waals surface area (Å²) in [5.74, 6) is 0. The highest BCUT2D eigenvalue weighted by atomic mass is 16.4. The number of benzene rings is 2. The van der Waals surface area contributed by atoms with E-state index in [4.69, 9.17) is 10.0 Å². The zero-order valence-corrected chi connectivity index (χ0v) is 22.1. The van der Waals surface area contributed by atoms with E-state index >= 15 is 0 Å². The lowest BCUT2D eigenvalue weighted by atomic mass is 10.0. The fourth-order valence-corrected chi connectivity index (χ4v) is 5.04. The molecule has 0 aliphatic rings. The fourth-order valence-electron chi connectivity index (χ4n) is 5.04. The summed E-state index contributed by atoms with van der Waals surface area (Å²) in [5.41, 5.74) is 5.51. The van der Waals surface area contributed by atoms with Gasteiger partial charge in [0.1, 0.15) is 0 Å². The highest BCUT2D eigenvalue weighted by Gasteiger charge is 2.10. The van der Waals surface area contributed by atoms with E-state index in [1.54, 1.807) is 0 Å². The number of unbranched alkanes of at least 4 members (excludes halogenated alkanes) is 13. The van der Waals surface area contributed by atoms with Gasteiger partial charge in [-0.05, 0) is 44.5 Å². The maximum absolute atomic E-state index is 7.12. The second-order valence-electron chi connectivity index (χ2n) is 9.93. The van der Waals surface area contributed by atoms with Gasteiger partial charge in [-0.3, -0.25) is 0 Å². The third kappa shape index (κ3) is 9.46. The first-order valence-corrected chi connectivity index (χ1v) is 13.8. The van der Waals surface area contributed by atoms with Crippen molar-refractivity contribution in [3.63, 3.8) is 0 Å². The van der Waals surface area contributed by atoms with E-state index in [0.29, 0.717) is 0 Å². The summed E-state index contributed by atoms with van der Waals surface area (Å²) in [5, 5.41) is 17.1. The molecule has 3 rings (SSSR count). The lowest BCUT2D eigenvalue weighted by Gasteiger charge is -2.08. The summed E-state index contributed by atoms with van der Waals surface area (Å²) in [6.45, 7) is 7.84. The minimum atomic E-state index is -0.750. The van der Waals surface area contributed by atoms with Gasteiger partial charge in [-0.25, -0.2) is 0 Å². The summed E-state index contributed by atoms with van der Waals surface area (Å²) in [7, 11) is -0.750. The largest absolute Gasteiger partial charge is 0.432 e. The van der Waals surface area contributed by atoms with Gasteiger partial charge in [0.2, 0.25) is 0 Å². The molecule has 188 valence electrons. The zero-order chi connectivity index (χ0) is 24.6. The molecule has 0 bridgehead atoms. The van der Waals surface area contributed by atoms with Crippen LogP contribution >= 0.6 is 0 Å². The first-order valence-electron chi connectivity index (χ1n) is 13.8. The van der Waals surface area contributed by atoms with Gasteiger partial charge in [0.05, 0.1) is 0 Å². The molecule has 0 fully saturated rings. The van der Waals surface area contributed by atoms with E-state index in [0.717, 1.165) is 6.54 Å². The SMILES string of the molecule is CCCCCCCCCCCCCCCCn1c2ccc(C)cc2c2cc(C)ccc21.OBO. The van der Waals surface area contributed by atoms with Crippen molar-refractivity contribution in [3.8, 4) is 0 Å². The van der Waals surface area contributed by atoms with Crippen LogP contribution in [0.1, 0.15) is 108 Å².